The molecule has 132 valence electrons. The van der Waals surface area contributed by atoms with E-state index in [0.29, 0.717) is 15.6 Å². The van der Waals surface area contributed by atoms with Gasteiger partial charge >= 0.3 is 0 Å². The molecule has 5 nitrogen and oxygen atoms in total. The molecule has 0 fully saturated rings. The molecule has 0 saturated carbocycles. The van der Waals surface area contributed by atoms with Crippen LogP contribution in [-0.4, -0.2) is 22.3 Å². The molecular formula is C18H11Br3N2O3. The van der Waals surface area contributed by atoms with Gasteiger partial charge in [0.2, 0.25) is 0 Å². The van der Waals surface area contributed by atoms with Crippen LogP contribution in [0.1, 0.15) is 15.9 Å². The maximum atomic E-state index is 12.3. The van der Waals surface area contributed by atoms with E-state index < -0.39 is 0 Å². The number of hydrazone groups is 1. The Kier molecular flexibility index (Phi) is 5.64. The van der Waals surface area contributed by atoms with Crippen molar-refractivity contribution < 1.29 is 15.0 Å². The normalized spacial score (nSPS) is 11.2. The lowest BCUT2D eigenvalue weighted by atomic mass is 10.1. The third kappa shape index (κ3) is 3.92. The molecule has 0 aliphatic carbocycles. The topological polar surface area (TPSA) is 81.9 Å². The summed E-state index contributed by atoms with van der Waals surface area (Å²) in [6.07, 6.45) is 1.29. The number of rotatable bonds is 3. The number of nitrogens with zero attached hydrogens (tertiary/aromatic N) is 1. The maximum absolute atomic E-state index is 12.3. The van der Waals surface area contributed by atoms with Crippen LogP contribution in [0.2, 0.25) is 0 Å². The van der Waals surface area contributed by atoms with Crippen molar-refractivity contribution >= 4 is 70.7 Å². The molecule has 3 aromatic carbocycles. The first kappa shape index (κ1) is 18.9. The van der Waals surface area contributed by atoms with Gasteiger partial charge in [0.1, 0.15) is 16.0 Å². The van der Waals surface area contributed by atoms with Crippen LogP contribution in [0, 0.1) is 0 Å². The molecule has 0 atom stereocenters. The SMILES string of the molecule is O=C(N/N=C/c1cc(Br)c(O)c(Br)c1O)c1ccc2cc(Br)ccc2c1. The van der Waals surface area contributed by atoms with Crippen molar-refractivity contribution in [2.45, 2.75) is 0 Å². The number of halogens is 3. The molecule has 26 heavy (non-hydrogen) atoms. The number of nitrogens with one attached hydrogen (secondary N) is 1. The average Bonchev–Trinajstić information content (AvgIpc) is 2.63. The molecule has 0 spiro atoms. The van der Waals surface area contributed by atoms with E-state index in [1.807, 2.05) is 24.3 Å². The van der Waals surface area contributed by atoms with Crippen LogP contribution in [-0.2, 0) is 0 Å². The van der Waals surface area contributed by atoms with Gasteiger partial charge < -0.3 is 10.2 Å². The Bertz CT molecular complexity index is 1050. The van der Waals surface area contributed by atoms with Crippen molar-refractivity contribution in [2.24, 2.45) is 5.10 Å². The predicted octanol–water partition coefficient (Wildman–Crippen LogP) is 5.30. The number of amides is 1. The highest BCUT2D eigenvalue weighted by molar-refractivity contribution is 9.11. The van der Waals surface area contributed by atoms with E-state index in [2.05, 4.69) is 58.3 Å². The minimum absolute atomic E-state index is 0.119. The summed E-state index contributed by atoms with van der Waals surface area (Å²) in [5, 5.41) is 25.5. The lowest BCUT2D eigenvalue weighted by Gasteiger charge is -2.06. The number of phenols is 2. The summed E-state index contributed by atoms with van der Waals surface area (Å²) in [5.74, 6) is -0.672. The Morgan fingerprint density at radius 3 is 2.42 bits per heavy atom. The van der Waals surface area contributed by atoms with Gasteiger partial charge in [0.25, 0.3) is 5.91 Å². The second-order valence-corrected chi connectivity index (χ2v) is 7.93. The molecule has 1 amide bonds. The monoisotopic (exact) mass is 540 g/mol. The number of phenolic OH excluding ortho intramolecular Hbond substituents is 2. The molecule has 0 unspecified atom stereocenters. The number of carbonyl (C=O) groups excluding carboxylic acids is 1. The van der Waals surface area contributed by atoms with E-state index in [0.717, 1.165) is 15.2 Å². The van der Waals surface area contributed by atoms with E-state index in [1.54, 1.807) is 12.1 Å². The standard InChI is InChI=1S/C18H11Br3N2O3/c19-13-4-3-9-5-11(2-1-10(9)6-13)18(26)23-22-8-12-7-14(20)17(25)15(21)16(12)24/h1-8,24-25H,(H,23,26)/b22-8+. The number of fused-ring (bicyclic) bond motifs is 1. The Morgan fingerprint density at radius 2 is 1.65 bits per heavy atom. The van der Waals surface area contributed by atoms with Gasteiger partial charge in [-0.3, -0.25) is 4.79 Å². The van der Waals surface area contributed by atoms with Gasteiger partial charge in [-0.15, -0.1) is 0 Å². The van der Waals surface area contributed by atoms with Crippen LogP contribution in [0.15, 0.2) is 61.0 Å². The maximum Gasteiger partial charge on any atom is 0.271 e. The van der Waals surface area contributed by atoms with Crippen molar-refractivity contribution in [1.29, 1.82) is 0 Å². The summed E-state index contributed by atoms with van der Waals surface area (Å²) < 4.78 is 1.49. The number of benzene rings is 3. The van der Waals surface area contributed by atoms with Gasteiger partial charge in [-0.2, -0.15) is 5.10 Å². The van der Waals surface area contributed by atoms with Crippen LogP contribution >= 0.6 is 47.8 Å². The predicted molar refractivity (Wildman–Crippen MR) is 112 cm³/mol. The number of carbonyl (C=O) groups is 1. The van der Waals surface area contributed by atoms with E-state index in [4.69, 9.17) is 0 Å². The summed E-state index contributed by atoms with van der Waals surface area (Å²) >= 11 is 9.67. The Balaban J connectivity index is 1.79. The first-order chi connectivity index (χ1) is 12.4. The largest absolute Gasteiger partial charge is 0.506 e. The highest BCUT2D eigenvalue weighted by atomic mass is 79.9. The van der Waals surface area contributed by atoms with Gasteiger partial charge in [-0.25, -0.2) is 5.43 Å². The molecule has 3 rings (SSSR count). The number of hydrogen-bond acceptors (Lipinski definition) is 4. The van der Waals surface area contributed by atoms with Gasteiger partial charge in [-0.05, 0) is 73.0 Å². The van der Waals surface area contributed by atoms with Gasteiger partial charge in [0, 0.05) is 15.6 Å². The zero-order valence-electron chi connectivity index (χ0n) is 13.0. The van der Waals surface area contributed by atoms with Crippen molar-refractivity contribution in [3.63, 3.8) is 0 Å². The molecule has 0 aliphatic heterocycles. The molecule has 0 heterocycles. The van der Waals surface area contributed by atoms with Gasteiger partial charge in [-0.1, -0.05) is 28.1 Å². The number of hydrogen-bond donors (Lipinski definition) is 3. The molecule has 0 aliphatic rings. The Morgan fingerprint density at radius 1 is 0.962 bits per heavy atom. The Labute approximate surface area is 174 Å². The summed E-state index contributed by atoms with van der Waals surface area (Å²) in [7, 11) is 0. The first-order valence-corrected chi connectivity index (χ1v) is 9.67. The van der Waals surface area contributed by atoms with E-state index in [-0.39, 0.29) is 21.9 Å². The minimum atomic E-state index is -0.373. The van der Waals surface area contributed by atoms with Crippen molar-refractivity contribution in [2.75, 3.05) is 0 Å². The summed E-state index contributed by atoms with van der Waals surface area (Å²) in [5.41, 5.74) is 3.21. The zero-order valence-corrected chi connectivity index (χ0v) is 17.8. The number of aromatic hydroxyl groups is 2. The van der Waals surface area contributed by atoms with Crippen molar-refractivity contribution in [3.05, 3.63) is 67.0 Å². The third-order valence-electron chi connectivity index (χ3n) is 3.63. The van der Waals surface area contributed by atoms with Gasteiger partial charge in [0.05, 0.1) is 10.7 Å². The third-order valence-corrected chi connectivity index (χ3v) is 5.48. The van der Waals surface area contributed by atoms with Gasteiger partial charge in [0.15, 0.2) is 0 Å². The smallest absolute Gasteiger partial charge is 0.271 e. The fourth-order valence-corrected chi connectivity index (χ4v) is 3.83. The molecule has 0 bridgehead atoms. The summed E-state index contributed by atoms with van der Waals surface area (Å²) in [6, 6.07) is 12.6. The highest BCUT2D eigenvalue weighted by Crippen LogP contribution is 2.40. The molecule has 3 aromatic rings. The van der Waals surface area contributed by atoms with Crippen molar-refractivity contribution in [1.82, 2.24) is 5.43 Å². The van der Waals surface area contributed by atoms with Crippen LogP contribution in [0.3, 0.4) is 0 Å². The van der Waals surface area contributed by atoms with E-state index in [9.17, 15) is 15.0 Å². The fraction of sp³-hybridized carbons (Fsp3) is 0. The molecule has 3 N–H and O–H groups in total. The van der Waals surface area contributed by atoms with Crippen LogP contribution in [0.5, 0.6) is 11.5 Å². The molecular weight excluding hydrogens is 532 g/mol. The molecule has 0 radical (unpaired) electrons. The lowest BCUT2D eigenvalue weighted by molar-refractivity contribution is 0.0955. The fourth-order valence-electron chi connectivity index (χ4n) is 2.30. The minimum Gasteiger partial charge on any atom is -0.506 e. The Hall–Kier alpha value is -1.90. The quantitative estimate of drug-likeness (QED) is 0.310. The lowest BCUT2D eigenvalue weighted by Crippen LogP contribution is -2.17. The van der Waals surface area contributed by atoms with Crippen LogP contribution in [0.4, 0.5) is 0 Å². The highest BCUT2D eigenvalue weighted by Gasteiger charge is 2.13. The van der Waals surface area contributed by atoms with E-state index >= 15 is 0 Å². The summed E-state index contributed by atoms with van der Waals surface area (Å²) in [6.45, 7) is 0. The molecule has 0 saturated heterocycles. The average molecular weight is 543 g/mol. The first-order valence-electron chi connectivity index (χ1n) is 7.29. The van der Waals surface area contributed by atoms with Crippen LogP contribution in [0.25, 0.3) is 10.8 Å². The molecule has 0 aromatic heterocycles. The zero-order chi connectivity index (χ0) is 18.8. The van der Waals surface area contributed by atoms with Crippen molar-refractivity contribution in [3.8, 4) is 11.5 Å². The second kappa shape index (κ2) is 7.77. The van der Waals surface area contributed by atoms with E-state index in [1.165, 1.54) is 12.3 Å². The molecule has 8 heteroatoms. The summed E-state index contributed by atoms with van der Waals surface area (Å²) in [4.78, 5) is 12.3. The second-order valence-electron chi connectivity index (χ2n) is 5.36. The van der Waals surface area contributed by atoms with Crippen LogP contribution < -0.4 is 5.43 Å².